The Morgan fingerprint density at radius 2 is 2.11 bits per heavy atom. The maximum Gasteiger partial charge on any atom is 0.289 e. The van der Waals surface area contributed by atoms with Crippen LogP contribution in [0.1, 0.15) is 19.8 Å². The molecule has 1 atom stereocenters. The van der Waals surface area contributed by atoms with E-state index in [0.29, 0.717) is 10.4 Å². The molecule has 0 bridgehead atoms. The fourth-order valence-electron chi connectivity index (χ4n) is 1.85. The summed E-state index contributed by atoms with van der Waals surface area (Å²) in [7, 11) is -3.88. The minimum atomic E-state index is -3.88. The van der Waals surface area contributed by atoms with Gasteiger partial charge in [-0.25, -0.2) is 13.1 Å². The molecule has 0 aromatic heterocycles. The number of nitrogens with one attached hydrogen (secondary N) is 1. The second-order valence-corrected chi connectivity index (χ2v) is 7.21. The van der Waals surface area contributed by atoms with Crippen molar-refractivity contribution in [2.24, 2.45) is 5.92 Å². The molecule has 2 rings (SSSR count). The summed E-state index contributed by atoms with van der Waals surface area (Å²) in [5.41, 5.74) is -0.418. The van der Waals surface area contributed by atoms with Gasteiger partial charge in [-0.2, -0.15) is 0 Å². The molecule has 1 aromatic rings. The van der Waals surface area contributed by atoms with Gasteiger partial charge in [0, 0.05) is 16.6 Å². The highest BCUT2D eigenvalue weighted by molar-refractivity contribution is 9.10. The Bertz CT molecular complexity index is 613. The third-order valence-electron chi connectivity index (χ3n) is 3.08. The van der Waals surface area contributed by atoms with Gasteiger partial charge < -0.3 is 0 Å². The molecule has 0 saturated heterocycles. The number of benzene rings is 1. The van der Waals surface area contributed by atoms with Crippen LogP contribution in [0.3, 0.4) is 0 Å². The van der Waals surface area contributed by atoms with E-state index in [4.69, 9.17) is 0 Å². The highest BCUT2D eigenvalue weighted by Gasteiger charge is 2.33. The van der Waals surface area contributed by atoms with Crippen molar-refractivity contribution in [1.29, 1.82) is 0 Å². The minimum Gasteiger partial charge on any atom is -0.258 e. The summed E-state index contributed by atoms with van der Waals surface area (Å²) in [5.74, 6) is 0.334. The molecule has 6 nitrogen and oxygen atoms in total. The van der Waals surface area contributed by atoms with E-state index >= 15 is 0 Å². The first-order chi connectivity index (χ1) is 8.81. The van der Waals surface area contributed by atoms with E-state index in [9.17, 15) is 18.5 Å². The molecule has 0 spiro atoms. The van der Waals surface area contributed by atoms with Gasteiger partial charge in [0.25, 0.3) is 5.69 Å². The smallest absolute Gasteiger partial charge is 0.258 e. The van der Waals surface area contributed by atoms with Crippen LogP contribution in [0.5, 0.6) is 0 Å². The lowest BCUT2D eigenvalue weighted by molar-refractivity contribution is -0.387. The molecule has 0 heterocycles. The van der Waals surface area contributed by atoms with Crippen LogP contribution in [0.25, 0.3) is 0 Å². The van der Waals surface area contributed by atoms with Gasteiger partial charge in [-0.05, 0) is 37.8 Å². The molecule has 8 heteroatoms. The van der Waals surface area contributed by atoms with Crippen LogP contribution < -0.4 is 4.72 Å². The molecule has 1 aromatic carbocycles. The number of nitrogens with zero attached hydrogens (tertiary/aromatic N) is 1. The average molecular weight is 349 g/mol. The van der Waals surface area contributed by atoms with Crippen LogP contribution in [-0.4, -0.2) is 19.4 Å². The Morgan fingerprint density at radius 1 is 1.47 bits per heavy atom. The summed E-state index contributed by atoms with van der Waals surface area (Å²) in [6, 6.07) is 3.67. The zero-order valence-electron chi connectivity index (χ0n) is 10.2. The molecule has 0 radical (unpaired) electrons. The summed E-state index contributed by atoms with van der Waals surface area (Å²) in [6.07, 6.45) is 1.98. The Morgan fingerprint density at radius 3 is 2.63 bits per heavy atom. The molecule has 1 N–H and O–H groups in total. The first kappa shape index (κ1) is 14.4. The third kappa shape index (κ3) is 3.31. The molecule has 1 saturated carbocycles. The summed E-state index contributed by atoms with van der Waals surface area (Å²) in [4.78, 5) is 9.91. The van der Waals surface area contributed by atoms with Crippen molar-refractivity contribution >= 4 is 31.6 Å². The molecule has 104 valence electrons. The Labute approximate surface area is 119 Å². The zero-order chi connectivity index (χ0) is 14.2. The van der Waals surface area contributed by atoms with Gasteiger partial charge in [0.05, 0.1) is 4.92 Å². The number of rotatable bonds is 5. The van der Waals surface area contributed by atoms with E-state index in [2.05, 4.69) is 20.7 Å². The van der Waals surface area contributed by atoms with Crippen molar-refractivity contribution < 1.29 is 13.3 Å². The van der Waals surface area contributed by atoms with Crippen LogP contribution in [0.2, 0.25) is 0 Å². The zero-order valence-corrected chi connectivity index (χ0v) is 12.6. The number of hydrogen-bond acceptors (Lipinski definition) is 4. The number of halogens is 1. The highest BCUT2D eigenvalue weighted by Crippen LogP contribution is 2.34. The van der Waals surface area contributed by atoms with Crippen molar-refractivity contribution in [3.8, 4) is 0 Å². The summed E-state index contributed by atoms with van der Waals surface area (Å²) >= 11 is 3.13. The Kier molecular flexibility index (Phi) is 3.93. The van der Waals surface area contributed by atoms with Crippen LogP contribution in [0.4, 0.5) is 5.69 Å². The Hall–Kier alpha value is -0.990. The van der Waals surface area contributed by atoms with Gasteiger partial charge in [-0.3, -0.25) is 10.1 Å². The van der Waals surface area contributed by atoms with Gasteiger partial charge in [-0.15, -0.1) is 0 Å². The van der Waals surface area contributed by atoms with E-state index in [1.54, 1.807) is 6.92 Å². The lowest BCUT2D eigenvalue weighted by Crippen LogP contribution is -2.34. The van der Waals surface area contributed by atoms with Crippen molar-refractivity contribution in [1.82, 2.24) is 4.72 Å². The molecule has 19 heavy (non-hydrogen) atoms. The number of nitro benzene ring substituents is 1. The van der Waals surface area contributed by atoms with Crippen molar-refractivity contribution in [3.05, 3.63) is 32.8 Å². The van der Waals surface area contributed by atoms with Gasteiger partial charge in [0.15, 0.2) is 4.90 Å². The predicted octanol–water partition coefficient (Wildman–Crippen LogP) is 2.43. The van der Waals surface area contributed by atoms with Gasteiger partial charge >= 0.3 is 0 Å². The second kappa shape index (κ2) is 5.18. The van der Waals surface area contributed by atoms with Crippen LogP contribution in [-0.2, 0) is 10.0 Å². The summed E-state index contributed by atoms with van der Waals surface area (Å²) in [5, 5.41) is 10.9. The van der Waals surface area contributed by atoms with E-state index in [0.717, 1.165) is 12.8 Å². The molecule has 1 fully saturated rings. The molecule has 0 amide bonds. The Balaban J connectivity index is 2.38. The van der Waals surface area contributed by atoms with E-state index in [-0.39, 0.29) is 10.9 Å². The standard InChI is InChI=1S/C11H13BrN2O4S/c1-7(8-2-3-8)13-19(17,18)11-6-9(12)4-5-10(11)14(15)16/h4-8,13H,2-3H2,1H3. The summed E-state index contributed by atoms with van der Waals surface area (Å²) < 4.78 is 27.4. The lowest BCUT2D eigenvalue weighted by Gasteiger charge is -2.13. The monoisotopic (exact) mass is 348 g/mol. The van der Waals surface area contributed by atoms with Gasteiger partial charge in [-0.1, -0.05) is 15.9 Å². The van der Waals surface area contributed by atoms with Crippen LogP contribution >= 0.6 is 15.9 Å². The fourth-order valence-corrected chi connectivity index (χ4v) is 3.88. The highest BCUT2D eigenvalue weighted by atomic mass is 79.9. The topological polar surface area (TPSA) is 89.3 Å². The second-order valence-electron chi connectivity index (χ2n) is 4.62. The SMILES string of the molecule is CC(NS(=O)(=O)c1cc(Br)ccc1[N+](=O)[O-])C1CC1. The van der Waals surface area contributed by atoms with Crippen molar-refractivity contribution in [3.63, 3.8) is 0 Å². The van der Waals surface area contributed by atoms with Gasteiger partial charge in [0.1, 0.15) is 0 Å². The first-order valence-electron chi connectivity index (χ1n) is 5.77. The summed E-state index contributed by atoms with van der Waals surface area (Å²) in [6.45, 7) is 1.78. The molecular formula is C11H13BrN2O4S. The van der Waals surface area contributed by atoms with Crippen molar-refractivity contribution in [2.75, 3.05) is 0 Å². The maximum atomic E-state index is 12.2. The molecule has 1 aliphatic rings. The van der Waals surface area contributed by atoms with E-state index in [1.807, 2.05) is 0 Å². The fraction of sp³-hybridized carbons (Fsp3) is 0.455. The normalized spacial score (nSPS) is 17.2. The van der Waals surface area contributed by atoms with E-state index < -0.39 is 20.6 Å². The van der Waals surface area contributed by atoms with Gasteiger partial charge in [0.2, 0.25) is 10.0 Å². The quantitative estimate of drug-likeness (QED) is 0.653. The number of nitro groups is 1. The number of hydrogen-bond donors (Lipinski definition) is 1. The molecule has 0 aliphatic heterocycles. The lowest BCUT2D eigenvalue weighted by atomic mass is 10.2. The van der Waals surface area contributed by atoms with E-state index in [1.165, 1.54) is 18.2 Å². The molecule has 1 unspecified atom stereocenters. The molecule has 1 aliphatic carbocycles. The first-order valence-corrected chi connectivity index (χ1v) is 8.05. The average Bonchev–Trinajstić information content (AvgIpc) is 3.11. The minimum absolute atomic E-state index is 0.205. The predicted molar refractivity (Wildman–Crippen MR) is 73.3 cm³/mol. The maximum absolute atomic E-state index is 12.2. The van der Waals surface area contributed by atoms with Crippen LogP contribution in [0.15, 0.2) is 27.6 Å². The largest absolute Gasteiger partial charge is 0.289 e. The molecular weight excluding hydrogens is 336 g/mol. The van der Waals surface area contributed by atoms with Crippen LogP contribution in [0, 0.1) is 16.0 Å². The third-order valence-corrected chi connectivity index (χ3v) is 5.16. The van der Waals surface area contributed by atoms with Crippen molar-refractivity contribution in [2.45, 2.75) is 30.7 Å². The number of sulfonamides is 1.